The number of amides is 3. The quantitative estimate of drug-likeness (QED) is 0.512. The van der Waals surface area contributed by atoms with Crippen LogP contribution in [0, 0.1) is 4.77 Å². The van der Waals surface area contributed by atoms with E-state index in [1.165, 1.54) is 11.0 Å². The Bertz CT molecular complexity index is 1050. The Morgan fingerprint density at radius 1 is 1.33 bits per heavy atom. The van der Waals surface area contributed by atoms with E-state index in [9.17, 15) is 14.4 Å². The van der Waals surface area contributed by atoms with Crippen LogP contribution in [0.2, 0.25) is 0 Å². The highest BCUT2D eigenvalue weighted by Crippen LogP contribution is 2.26. The molecule has 3 heterocycles. The summed E-state index contributed by atoms with van der Waals surface area (Å²) in [6.45, 7) is 3.94. The molecule has 10 heteroatoms. The van der Waals surface area contributed by atoms with E-state index in [4.69, 9.17) is 17.0 Å². The molecule has 2 aromatic rings. The average Bonchev–Trinajstić information content (AvgIpc) is 3.44. The number of nitrogens with zero attached hydrogens (tertiary/aromatic N) is 3. The normalized spacial score (nSPS) is 18.2. The van der Waals surface area contributed by atoms with Crippen LogP contribution in [0.3, 0.4) is 0 Å². The lowest BCUT2D eigenvalue weighted by molar-refractivity contribution is 0.0475. The lowest BCUT2D eigenvalue weighted by Gasteiger charge is -2.17. The molecule has 2 aliphatic heterocycles. The molecule has 158 valence electrons. The van der Waals surface area contributed by atoms with Gasteiger partial charge in [-0.2, -0.15) is 5.10 Å². The van der Waals surface area contributed by atoms with Crippen LogP contribution in [0.25, 0.3) is 0 Å². The number of nitrogens with one attached hydrogen (secondary N) is 2. The zero-order valence-electron chi connectivity index (χ0n) is 16.6. The van der Waals surface area contributed by atoms with Crippen LogP contribution in [0.4, 0.5) is 0 Å². The van der Waals surface area contributed by atoms with Gasteiger partial charge in [0.1, 0.15) is 5.82 Å². The highest BCUT2D eigenvalue weighted by Gasteiger charge is 2.37. The molecule has 1 aromatic carbocycles. The van der Waals surface area contributed by atoms with E-state index in [1.54, 1.807) is 12.1 Å². The molecule has 1 atom stereocenters. The third kappa shape index (κ3) is 3.80. The Balaban J connectivity index is 1.41. The summed E-state index contributed by atoms with van der Waals surface area (Å²) in [5.74, 6) is -0.256. The number of rotatable bonds is 7. The van der Waals surface area contributed by atoms with E-state index < -0.39 is 0 Å². The third-order valence-corrected chi connectivity index (χ3v) is 5.74. The van der Waals surface area contributed by atoms with Crippen molar-refractivity contribution in [1.29, 1.82) is 0 Å². The number of H-pyrrole nitrogens is 1. The molecule has 2 N–H and O–H groups in total. The number of aromatic nitrogens is 3. The zero-order valence-corrected chi connectivity index (χ0v) is 17.5. The molecule has 1 unspecified atom stereocenters. The lowest BCUT2D eigenvalue weighted by atomic mass is 10.1. The van der Waals surface area contributed by atoms with Crippen LogP contribution in [0.15, 0.2) is 18.2 Å². The molecule has 0 spiro atoms. The van der Waals surface area contributed by atoms with Crippen LogP contribution in [0.5, 0.6) is 0 Å². The van der Waals surface area contributed by atoms with E-state index in [0.717, 1.165) is 18.7 Å². The first kappa shape index (κ1) is 20.4. The highest BCUT2D eigenvalue weighted by molar-refractivity contribution is 7.71. The van der Waals surface area contributed by atoms with E-state index in [1.807, 2.05) is 11.5 Å². The minimum Gasteiger partial charge on any atom is -0.376 e. The number of fused-ring (bicyclic) bond motifs is 1. The van der Waals surface area contributed by atoms with Crippen LogP contribution < -0.4 is 5.32 Å². The number of aromatic amines is 1. The van der Waals surface area contributed by atoms with Gasteiger partial charge in [0.2, 0.25) is 0 Å². The first-order valence-corrected chi connectivity index (χ1v) is 10.4. The Morgan fingerprint density at radius 2 is 2.13 bits per heavy atom. The maximum atomic E-state index is 12.7. The molecule has 2 aliphatic rings. The Hall–Kier alpha value is -2.85. The van der Waals surface area contributed by atoms with Crippen molar-refractivity contribution < 1.29 is 19.1 Å². The predicted octanol–water partition coefficient (Wildman–Crippen LogP) is 1.71. The van der Waals surface area contributed by atoms with E-state index in [-0.39, 0.29) is 35.9 Å². The van der Waals surface area contributed by atoms with Gasteiger partial charge in [-0.3, -0.25) is 24.4 Å². The van der Waals surface area contributed by atoms with E-state index >= 15 is 0 Å². The predicted molar refractivity (Wildman–Crippen MR) is 110 cm³/mol. The number of hydrogen-bond donors (Lipinski definition) is 2. The molecule has 1 saturated heterocycles. The summed E-state index contributed by atoms with van der Waals surface area (Å²) in [4.78, 5) is 39.1. The fraction of sp³-hybridized carbons (Fsp3) is 0.450. The Labute approximate surface area is 178 Å². The molecule has 30 heavy (non-hydrogen) atoms. The lowest BCUT2D eigenvalue weighted by Crippen LogP contribution is -2.36. The SMILES string of the molecule is CCn1c(CCNC(=O)c2ccc3c(c2)C(=O)N(CC2CCCO2)C3=O)n[nH]c1=S. The summed E-state index contributed by atoms with van der Waals surface area (Å²) in [5.41, 5.74) is 0.925. The van der Waals surface area contributed by atoms with Crippen molar-refractivity contribution in [2.24, 2.45) is 0 Å². The number of imide groups is 1. The van der Waals surface area contributed by atoms with Crippen molar-refractivity contribution in [3.8, 4) is 0 Å². The van der Waals surface area contributed by atoms with Crippen molar-refractivity contribution in [3.05, 3.63) is 45.5 Å². The summed E-state index contributed by atoms with van der Waals surface area (Å²) >= 11 is 5.16. The molecule has 0 radical (unpaired) electrons. The highest BCUT2D eigenvalue weighted by atomic mass is 32.1. The average molecular weight is 430 g/mol. The molecule has 1 aromatic heterocycles. The van der Waals surface area contributed by atoms with Crippen molar-refractivity contribution in [2.75, 3.05) is 19.7 Å². The van der Waals surface area contributed by atoms with Crippen LogP contribution in [-0.4, -0.2) is 63.2 Å². The summed E-state index contributed by atoms with van der Waals surface area (Å²) in [6.07, 6.45) is 2.17. The molecule has 1 fully saturated rings. The van der Waals surface area contributed by atoms with Crippen molar-refractivity contribution in [3.63, 3.8) is 0 Å². The van der Waals surface area contributed by atoms with Gasteiger partial charge in [0.05, 0.1) is 23.8 Å². The summed E-state index contributed by atoms with van der Waals surface area (Å²) in [6, 6.07) is 4.60. The fourth-order valence-corrected chi connectivity index (χ4v) is 4.13. The number of ether oxygens (including phenoxy) is 1. The van der Waals surface area contributed by atoms with Gasteiger partial charge < -0.3 is 14.6 Å². The van der Waals surface area contributed by atoms with Gasteiger partial charge in [0.15, 0.2) is 4.77 Å². The molecule has 3 amide bonds. The number of hydrogen-bond acceptors (Lipinski definition) is 6. The minimum absolute atomic E-state index is 0.112. The largest absolute Gasteiger partial charge is 0.376 e. The number of benzene rings is 1. The van der Waals surface area contributed by atoms with Gasteiger partial charge in [-0.15, -0.1) is 0 Å². The molecule has 4 rings (SSSR count). The van der Waals surface area contributed by atoms with Crippen molar-refractivity contribution >= 4 is 29.9 Å². The van der Waals surface area contributed by atoms with Crippen molar-refractivity contribution in [2.45, 2.75) is 38.8 Å². The van der Waals surface area contributed by atoms with Gasteiger partial charge in [-0.1, -0.05) is 0 Å². The van der Waals surface area contributed by atoms with Gasteiger partial charge in [0.25, 0.3) is 17.7 Å². The summed E-state index contributed by atoms with van der Waals surface area (Å²) < 4.78 is 7.96. The second kappa shape index (κ2) is 8.49. The Kier molecular flexibility index (Phi) is 5.78. The summed E-state index contributed by atoms with van der Waals surface area (Å²) in [5, 5.41) is 9.74. The van der Waals surface area contributed by atoms with Crippen LogP contribution in [0.1, 0.15) is 56.7 Å². The fourth-order valence-electron chi connectivity index (χ4n) is 3.85. The minimum atomic E-state index is -0.376. The second-order valence-corrected chi connectivity index (χ2v) is 7.70. The maximum absolute atomic E-state index is 12.7. The van der Waals surface area contributed by atoms with E-state index in [0.29, 0.717) is 42.0 Å². The maximum Gasteiger partial charge on any atom is 0.261 e. The second-order valence-electron chi connectivity index (χ2n) is 7.31. The van der Waals surface area contributed by atoms with Crippen LogP contribution >= 0.6 is 12.2 Å². The molecule has 0 saturated carbocycles. The first-order chi connectivity index (χ1) is 14.5. The van der Waals surface area contributed by atoms with Gasteiger partial charge >= 0.3 is 0 Å². The van der Waals surface area contributed by atoms with Crippen LogP contribution in [-0.2, 0) is 17.7 Å². The van der Waals surface area contributed by atoms with E-state index in [2.05, 4.69) is 15.5 Å². The standard InChI is InChI=1S/C20H23N5O4S/c1-2-24-16(22-23-20(24)30)7-8-21-17(26)12-5-6-14-15(10-12)19(28)25(18(14)27)11-13-4-3-9-29-13/h5-6,10,13H,2-4,7-9,11H2,1H3,(H,21,26)(H,23,30). The smallest absolute Gasteiger partial charge is 0.261 e. The number of carbonyl (C=O) groups is 3. The van der Waals surface area contributed by atoms with Gasteiger partial charge in [-0.25, -0.2) is 0 Å². The Morgan fingerprint density at radius 3 is 2.87 bits per heavy atom. The monoisotopic (exact) mass is 429 g/mol. The van der Waals surface area contributed by atoms with Gasteiger partial charge in [-0.05, 0) is 50.2 Å². The third-order valence-electron chi connectivity index (χ3n) is 5.43. The molecule has 0 aliphatic carbocycles. The zero-order chi connectivity index (χ0) is 21.3. The topological polar surface area (TPSA) is 109 Å². The number of carbonyl (C=O) groups excluding carboxylic acids is 3. The summed E-state index contributed by atoms with van der Waals surface area (Å²) in [7, 11) is 0. The first-order valence-electron chi connectivity index (χ1n) is 10.0. The molecule has 9 nitrogen and oxygen atoms in total. The molecule has 0 bridgehead atoms. The van der Waals surface area contributed by atoms with Crippen molar-refractivity contribution in [1.82, 2.24) is 25.0 Å². The molecular weight excluding hydrogens is 406 g/mol. The molecular formula is C20H23N5O4S. The van der Waals surface area contributed by atoms with Gasteiger partial charge in [0, 0.05) is 31.7 Å².